The lowest BCUT2D eigenvalue weighted by atomic mass is 10.1. The first kappa shape index (κ1) is 18.2. The van der Waals surface area contributed by atoms with Gasteiger partial charge in [0.15, 0.2) is 0 Å². The fourth-order valence-electron chi connectivity index (χ4n) is 2.21. The summed E-state index contributed by atoms with van der Waals surface area (Å²) < 4.78 is 11.3. The number of rotatable bonds is 5. The summed E-state index contributed by atoms with van der Waals surface area (Å²) >= 11 is 3.43. The lowest BCUT2D eigenvalue weighted by molar-refractivity contribution is -0.123. The lowest BCUT2D eigenvalue weighted by Crippen LogP contribution is -2.40. The van der Waals surface area contributed by atoms with Gasteiger partial charge in [0.25, 0.3) is 0 Å². The van der Waals surface area contributed by atoms with Gasteiger partial charge in [-0.25, -0.2) is 0 Å². The maximum absolute atomic E-state index is 12.0. The average molecular weight is 380 g/mol. The number of carbonyl (C=O) groups excluding carboxylic acids is 1. The van der Waals surface area contributed by atoms with Crippen molar-refractivity contribution in [2.45, 2.75) is 25.1 Å². The molecule has 1 saturated heterocycles. The van der Waals surface area contributed by atoms with Crippen LogP contribution in [-0.2, 0) is 16.1 Å². The molecule has 0 saturated carbocycles. The summed E-state index contributed by atoms with van der Waals surface area (Å²) in [5.41, 5.74) is 1.02. The summed E-state index contributed by atoms with van der Waals surface area (Å²) in [5, 5.41) is 6.09. The predicted molar refractivity (Wildman–Crippen MR) is 87.0 cm³/mol. The van der Waals surface area contributed by atoms with Crippen LogP contribution in [0.5, 0.6) is 5.75 Å². The molecular formula is C14H20BrClN2O3. The normalized spacial score (nSPS) is 20.7. The standard InChI is InChI=1S/C14H19BrN2O3.ClH/c1-19-10-6-12(16-8-10)14(18)17-7-9-3-4-13(20-2)11(15)5-9;/h3-5,10,12,16H,6-8H2,1-2H3,(H,17,18);1H/t10-,12-;/m0./s1. The predicted octanol–water partition coefficient (Wildman–Crippen LogP) is 1.87. The van der Waals surface area contributed by atoms with E-state index in [1.54, 1.807) is 14.2 Å². The van der Waals surface area contributed by atoms with Crippen molar-refractivity contribution in [2.75, 3.05) is 20.8 Å². The fourth-order valence-corrected chi connectivity index (χ4v) is 2.80. The van der Waals surface area contributed by atoms with E-state index in [-0.39, 0.29) is 30.5 Å². The van der Waals surface area contributed by atoms with Gasteiger partial charge in [0.1, 0.15) is 5.75 Å². The van der Waals surface area contributed by atoms with Gasteiger partial charge in [0.2, 0.25) is 5.91 Å². The van der Waals surface area contributed by atoms with Crippen LogP contribution in [-0.4, -0.2) is 38.8 Å². The first-order chi connectivity index (χ1) is 9.63. The van der Waals surface area contributed by atoms with E-state index in [0.29, 0.717) is 13.0 Å². The van der Waals surface area contributed by atoms with Crippen molar-refractivity contribution in [2.24, 2.45) is 0 Å². The third-order valence-electron chi connectivity index (χ3n) is 3.42. The van der Waals surface area contributed by atoms with Gasteiger partial charge in [-0.15, -0.1) is 12.4 Å². The van der Waals surface area contributed by atoms with E-state index in [2.05, 4.69) is 26.6 Å². The molecule has 118 valence electrons. The van der Waals surface area contributed by atoms with Crippen LogP contribution in [0.4, 0.5) is 0 Å². The minimum Gasteiger partial charge on any atom is -0.496 e. The Morgan fingerprint density at radius 2 is 2.24 bits per heavy atom. The summed E-state index contributed by atoms with van der Waals surface area (Å²) in [7, 11) is 3.29. The highest BCUT2D eigenvalue weighted by molar-refractivity contribution is 9.10. The second-order valence-corrected chi connectivity index (χ2v) is 5.60. The highest BCUT2D eigenvalue weighted by atomic mass is 79.9. The first-order valence-corrected chi connectivity index (χ1v) is 7.29. The number of methoxy groups -OCH3 is 2. The Bertz CT molecular complexity index is 487. The number of ether oxygens (including phenoxy) is 2. The third-order valence-corrected chi connectivity index (χ3v) is 4.04. The number of halogens is 2. The van der Waals surface area contributed by atoms with Crippen LogP contribution in [0.25, 0.3) is 0 Å². The molecule has 1 amide bonds. The monoisotopic (exact) mass is 378 g/mol. The zero-order valence-corrected chi connectivity index (χ0v) is 14.4. The summed E-state index contributed by atoms with van der Waals surface area (Å²) in [6, 6.07) is 5.59. The van der Waals surface area contributed by atoms with Crippen LogP contribution in [0, 0.1) is 0 Å². The number of hydrogen-bond donors (Lipinski definition) is 2. The van der Waals surface area contributed by atoms with Gasteiger partial charge in [-0.1, -0.05) is 6.07 Å². The van der Waals surface area contributed by atoms with Crippen LogP contribution in [0.15, 0.2) is 22.7 Å². The average Bonchev–Trinajstić information content (AvgIpc) is 2.94. The summed E-state index contributed by atoms with van der Waals surface area (Å²) in [4.78, 5) is 12.0. The molecule has 1 aliphatic rings. The summed E-state index contributed by atoms with van der Waals surface area (Å²) in [5.74, 6) is 0.789. The molecule has 21 heavy (non-hydrogen) atoms. The van der Waals surface area contributed by atoms with Gasteiger partial charge in [0.05, 0.1) is 23.7 Å². The van der Waals surface area contributed by atoms with Gasteiger partial charge >= 0.3 is 0 Å². The van der Waals surface area contributed by atoms with E-state index < -0.39 is 0 Å². The zero-order chi connectivity index (χ0) is 14.5. The van der Waals surface area contributed by atoms with E-state index in [1.807, 2.05) is 18.2 Å². The van der Waals surface area contributed by atoms with Crippen LogP contribution in [0.3, 0.4) is 0 Å². The molecule has 1 aromatic carbocycles. The molecule has 0 aliphatic carbocycles. The van der Waals surface area contributed by atoms with Crippen molar-refractivity contribution in [3.05, 3.63) is 28.2 Å². The molecule has 5 nitrogen and oxygen atoms in total. The van der Waals surface area contributed by atoms with Crippen molar-refractivity contribution in [1.82, 2.24) is 10.6 Å². The van der Waals surface area contributed by atoms with E-state index in [4.69, 9.17) is 9.47 Å². The van der Waals surface area contributed by atoms with Crippen molar-refractivity contribution < 1.29 is 14.3 Å². The van der Waals surface area contributed by atoms with E-state index >= 15 is 0 Å². The Morgan fingerprint density at radius 1 is 1.48 bits per heavy atom. The van der Waals surface area contributed by atoms with Crippen molar-refractivity contribution in [3.63, 3.8) is 0 Å². The van der Waals surface area contributed by atoms with Crippen LogP contribution < -0.4 is 15.4 Å². The highest BCUT2D eigenvalue weighted by Gasteiger charge is 2.28. The van der Waals surface area contributed by atoms with E-state index in [0.717, 1.165) is 22.3 Å². The summed E-state index contributed by atoms with van der Waals surface area (Å²) in [6.07, 6.45) is 0.843. The number of hydrogen-bond acceptors (Lipinski definition) is 4. The molecule has 0 radical (unpaired) electrons. The van der Waals surface area contributed by atoms with Gasteiger partial charge in [-0.2, -0.15) is 0 Å². The molecule has 0 unspecified atom stereocenters. The number of nitrogens with one attached hydrogen (secondary N) is 2. The molecular weight excluding hydrogens is 360 g/mol. The Morgan fingerprint density at radius 3 is 2.81 bits per heavy atom. The van der Waals surface area contributed by atoms with Gasteiger partial charge in [-0.3, -0.25) is 4.79 Å². The SMILES string of the molecule is COc1ccc(CNC(=O)[C@@H]2C[C@H](OC)CN2)cc1Br.Cl. The Kier molecular flexibility index (Phi) is 7.45. The smallest absolute Gasteiger partial charge is 0.237 e. The Hall–Kier alpha value is -0.820. The molecule has 2 atom stereocenters. The number of benzene rings is 1. The maximum Gasteiger partial charge on any atom is 0.237 e. The summed E-state index contributed by atoms with van der Waals surface area (Å²) in [6.45, 7) is 1.22. The van der Waals surface area contributed by atoms with E-state index in [9.17, 15) is 4.79 Å². The molecule has 2 rings (SSSR count). The van der Waals surface area contributed by atoms with Crippen molar-refractivity contribution in [1.29, 1.82) is 0 Å². The van der Waals surface area contributed by atoms with Crippen LogP contribution in [0.1, 0.15) is 12.0 Å². The minimum atomic E-state index is -0.165. The van der Waals surface area contributed by atoms with Crippen LogP contribution in [0.2, 0.25) is 0 Å². The maximum atomic E-state index is 12.0. The Balaban J connectivity index is 0.00000220. The Labute approximate surface area is 139 Å². The molecule has 2 N–H and O–H groups in total. The van der Waals surface area contributed by atoms with Crippen molar-refractivity contribution >= 4 is 34.2 Å². The van der Waals surface area contributed by atoms with Crippen LogP contribution >= 0.6 is 28.3 Å². The molecule has 7 heteroatoms. The number of carbonyl (C=O) groups is 1. The topological polar surface area (TPSA) is 59.6 Å². The number of amides is 1. The molecule has 0 bridgehead atoms. The zero-order valence-electron chi connectivity index (χ0n) is 12.0. The molecule has 1 aromatic rings. The van der Waals surface area contributed by atoms with Gasteiger partial charge < -0.3 is 20.1 Å². The van der Waals surface area contributed by atoms with Gasteiger partial charge in [-0.05, 0) is 40.0 Å². The second-order valence-electron chi connectivity index (χ2n) is 4.74. The second kappa shape index (κ2) is 8.58. The third kappa shape index (κ3) is 4.85. The van der Waals surface area contributed by atoms with Crippen molar-refractivity contribution in [3.8, 4) is 5.75 Å². The highest BCUT2D eigenvalue weighted by Crippen LogP contribution is 2.25. The first-order valence-electron chi connectivity index (χ1n) is 6.50. The molecule has 0 spiro atoms. The molecule has 1 aliphatic heterocycles. The largest absolute Gasteiger partial charge is 0.496 e. The fraction of sp³-hybridized carbons (Fsp3) is 0.500. The molecule has 0 aromatic heterocycles. The minimum absolute atomic E-state index is 0. The quantitative estimate of drug-likeness (QED) is 0.820. The molecule has 1 fully saturated rings. The molecule has 1 heterocycles. The van der Waals surface area contributed by atoms with Gasteiger partial charge in [0, 0.05) is 20.2 Å². The lowest BCUT2D eigenvalue weighted by Gasteiger charge is -2.12. The van der Waals surface area contributed by atoms with E-state index in [1.165, 1.54) is 0 Å².